The molecule has 1 rings (SSSR count). The van der Waals surface area contributed by atoms with Gasteiger partial charge in [-0.3, -0.25) is 4.79 Å². The van der Waals surface area contributed by atoms with Crippen molar-refractivity contribution >= 4 is 18.3 Å². The first-order valence-electron chi connectivity index (χ1n) is 7.06. The Kier molecular flexibility index (Phi) is 5.45. The average molecular weight is 339 g/mol. The van der Waals surface area contributed by atoms with Gasteiger partial charge in [-0.15, -0.1) is 0 Å². The van der Waals surface area contributed by atoms with E-state index in [-0.39, 0.29) is 11.3 Å². The standard InChI is InChI=1S/C14H20F3NO5/c1-12(2,3)23-11(22)18-9(14(15,16)17)8-13(4-6-19,5-7-20)10(18)21/h6,9,20H,4-5,7-8H2,1-3H3/t9-,13?/m0/s1. The molecule has 0 saturated carbocycles. The summed E-state index contributed by atoms with van der Waals surface area (Å²) in [4.78, 5) is 35.3. The largest absolute Gasteiger partial charge is 0.443 e. The summed E-state index contributed by atoms with van der Waals surface area (Å²) in [5, 5.41) is 9.05. The molecular weight excluding hydrogens is 319 g/mol. The molecule has 0 aromatic heterocycles. The lowest BCUT2D eigenvalue weighted by Crippen LogP contribution is -2.49. The number of aliphatic hydroxyl groups is 1. The van der Waals surface area contributed by atoms with E-state index in [1.807, 2.05) is 0 Å². The molecule has 0 aliphatic carbocycles. The summed E-state index contributed by atoms with van der Waals surface area (Å²) in [7, 11) is 0. The minimum absolute atomic E-state index is 0.0322. The van der Waals surface area contributed by atoms with Gasteiger partial charge in [0, 0.05) is 13.0 Å². The fourth-order valence-electron chi connectivity index (χ4n) is 2.58. The van der Waals surface area contributed by atoms with Gasteiger partial charge in [0.2, 0.25) is 5.91 Å². The third kappa shape index (κ3) is 4.21. The van der Waals surface area contributed by atoms with Crippen LogP contribution in [0.4, 0.5) is 18.0 Å². The van der Waals surface area contributed by atoms with Crippen LogP contribution >= 0.6 is 0 Å². The van der Waals surface area contributed by atoms with Crippen LogP contribution in [-0.4, -0.2) is 52.7 Å². The minimum atomic E-state index is -4.85. The van der Waals surface area contributed by atoms with Crippen molar-refractivity contribution in [2.24, 2.45) is 5.41 Å². The van der Waals surface area contributed by atoms with Crippen molar-refractivity contribution < 1.29 is 37.4 Å². The summed E-state index contributed by atoms with van der Waals surface area (Å²) in [5.74, 6) is -1.14. The van der Waals surface area contributed by atoms with Gasteiger partial charge in [-0.1, -0.05) is 0 Å². The first kappa shape index (κ1) is 19.4. The zero-order chi connectivity index (χ0) is 18.1. The van der Waals surface area contributed by atoms with Gasteiger partial charge in [0.05, 0.1) is 5.41 Å². The molecule has 1 heterocycles. The van der Waals surface area contributed by atoms with E-state index >= 15 is 0 Å². The second-order valence-corrected chi connectivity index (χ2v) is 6.54. The number of halogens is 3. The van der Waals surface area contributed by atoms with Gasteiger partial charge in [0.25, 0.3) is 0 Å². The summed E-state index contributed by atoms with van der Waals surface area (Å²) in [5.41, 5.74) is -2.83. The lowest BCUT2D eigenvalue weighted by molar-refractivity contribution is -0.177. The number of carbonyl (C=O) groups is 3. The summed E-state index contributed by atoms with van der Waals surface area (Å²) in [6, 6.07) is -2.38. The highest BCUT2D eigenvalue weighted by Crippen LogP contribution is 2.47. The molecule has 1 fully saturated rings. The number of amides is 2. The average Bonchev–Trinajstić information content (AvgIpc) is 2.62. The van der Waals surface area contributed by atoms with Gasteiger partial charge in [-0.25, -0.2) is 9.69 Å². The number of imide groups is 1. The fourth-order valence-corrected chi connectivity index (χ4v) is 2.58. The molecule has 1 unspecified atom stereocenters. The van der Waals surface area contributed by atoms with Gasteiger partial charge in [0.1, 0.15) is 17.9 Å². The van der Waals surface area contributed by atoms with E-state index in [1.165, 1.54) is 20.8 Å². The van der Waals surface area contributed by atoms with Crippen molar-refractivity contribution in [1.29, 1.82) is 0 Å². The molecule has 1 aliphatic heterocycles. The van der Waals surface area contributed by atoms with Crippen LogP contribution in [0.15, 0.2) is 0 Å². The number of ether oxygens (including phenoxy) is 1. The Hall–Kier alpha value is -1.64. The number of alkyl halides is 3. The number of rotatable bonds is 4. The Labute approximate surface area is 131 Å². The highest BCUT2D eigenvalue weighted by Gasteiger charge is 2.62. The Morgan fingerprint density at radius 2 is 2.00 bits per heavy atom. The van der Waals surface area contributed by atoms with E-state index in [0.29, 0.717) is 6.29 Å². The number of hydrogen-bond acceptors (Lipinski definition) is 5. The molecule has 2 atom stereocenters. The smallest absolute Gasteiger partial charge is 0.417 e. The van der Waals surface area contributed by atoms with Crippen LogP contribution in [0.1, 0.15) is 40.0 Å². The molecule has 0 bridgehead atoms. The quantitative estimate of drug-likeness (QED) is 0.793. The third-order valence-electron chi connectivity index (χ3n) is 3.60. The molecule has 6 nitrogen and oxygen atoms in total. The molecule has 132 valence electrons. The number of aliphatic hydroxyl groups excluding tert-OH is 1. The van der Waals surface area contributed by atoms with Crippen molar-refractivity contribution in [2.45, 2.75) is 57.9 Å². The van der Waals surface area contributed by atoms with Crippen LogP contribution in [0.5, 0.6) is 0 Å². The highest BCUT2D eigenvalue weighted by atomic mass is 19.4. The predicted octanol–water partition coefficient (Wildman–Crippen LogP) is 2.04. The maximum absolute atomic E-state index is 13.2. The number of hydrogen-bond donors (Lipinski definition) is 1. The zero-order valence-corrected chi connectivity index (χ0v) is 13.1. The third-order valence-corrected chi connectivity index (χ3v) is 3.60. The highest BCUT2D eigenvalue weighted by molar-refractivity contribution is 5.99. The van der Waals surface area contributed by atoms with E-state index in [2.05, 4.69) is 0 Å². The van der Waals surface area contributed by atoms with Crippen molar-refractivity contribution in [2.75, 3.05) is 6.61 Å². The summed E-state index contributed by atoms with van der Waals surface area (Å²) in [6.07, 6.45) is -7.55. The SMILES string of the molecule is CC(C)(C)OC(=O)N1C(=O)C(CC=O)(CCO)C[C@H]1C(F)(F)F. The van der Waals surface area contributed by atoms with Crippen LogP contribution in [-0.2, 0) is 14.3 Å². The van der Waals surface area contributed by atoms with Gasteiger partial charge >= 0.3 is 12.3 Å². The lowest BCUT2D eigenvalue weighted by Gasteiger charge is -2.28. The minimum Gasteiger partial charge on any atom is -0.443 e. The Morgan fingerprint density at radius 1 is 1.43 bits per heavy atom. The normalized spacial score (nSPS) is 25.6. The molecular formula is C14H20F3NO5. The van der Waals surface area contributed by atoms with Crippen molar-refractivity contribution in [3.8, 4) is 0 Å². The molecule has 0 aromatic carbocycles. The van der Waals surface area contributed by atoms with E-state index in [9.17, 15) is 27.6 Å². The Balaban J connectivity index is 3.25. The molecule has 2 amide bonds. The van der Waals surface area contributed by atoms with Gasteiger partial charge in [0.15, 0.2) is 0 Å². The van der Waals surface area contributed by atoms with Gasteiger partial charge < -0.3 is 14.6 Å². The summed E-state index contributed by atoms with van der Waals surface area (Å²) < 4.78 is 44.6. The van der Waals surface area contributed by atoms with E-state index < -0.39 is 54.7 Å². The Morgan fingerprint density at radius 3 is 2.39 bits per heavy atom. The van der Waals surface area contributed by atoms with Crippen LogP contribution in [0.25, 0.3) is 0 Å². The molecule has 9 heteroatoms. The van der Waals surface area contributed by atoms with E-state index in [1.54, 1.807) is 0 Å². The van der Waals surface area contributed by atoms with Gasteiger partial charge in [-0.2, -0.15) is 13.2 Å². The number of carbonyl (C=O) groups excluding carboxylic acids is 3. The molecule has 0 aromatic rings. The van der Waals surface area contributed by atoms with E-state index in [4.69, 9.17) is 9.84 Å². The first-order valence-corrected chi connectivity index (χ1v) is 7.06. The number of nitrogens with zero attached hydrogens (tertiary/aromatic N) is 1. The Bertz CT molecular complexity index is 486. The van der Waals surface area contributed by atoms with Gasteiger partial charge in [-0.05, 0) is 33.6 Å². The summed E-state index contributed by atoms with van der Waals surface area (Å²) in [6.45, 7) is 3.80. The number of likely N-dealkylation sites (tertiary alicyclic amines) is 1. The topological polar surface area (TPSA) is 83.9 Å². The van der Waals surface area contributed by atoms with Crippen LogP contribution in [0, 0.1) is 5.41 Å². The molecule has 1 N–H and O–H groups in total. The monoisotopic (exact) mass is 339 g/mol. The van der Waals surface area contributed by atoms with E-state index in [0.717, 1.165) is 0 Å². The van der Waals surface area contributed by atoms with Crippen molar-refractivity contribution in [1.82, 2.24) is 4.90 Å². The molecule has 23 heavy (non-hydrogen) atoms. The van der Waals surface area contributed by atoms with Crippen molar-refractivity contribution in [3.63, 3.8) is 0 Å². The second kappa shape index (κ2) is 6.46. The van der Waals surface area contributed by atoms with Crippen LogP contribution in [0.2, 0.25) is 0 Å². The molecule has 0 spiro atoms. The number of aldehydes is 1. The second-order valence-electron chi connectivity index (χ2n) is 6.54. The maximum atomic E-state index is 13.2. The summed E-state index contributed by atoms with van der Waals surface area (Å²) >= 11 is 0. The molecule has 1 aliphatic rings. The van der Waals surface area contributed by atoms with Crippen LogP contribution < -0.4 is 0 Å². The zero-order valence-electron chi connectivity index (χ0n) is 13.1. The first-order chi connectivity index (χ1) is 10.4. The lowest BCUT2D eigenvalue weighted by atomic mass is 9.79. The maximum Gasteiger partial charge on any atom is 0.417 e. The predicted molar refractivity (Wildman–Crippen MR) is 72.4 cm³/mol. The van der Waals surface area contributed by atoms with Crippen molar-refractivity contribution in [3.05, 3.63) is 0 Å². The molecule has 1 saturated heterocycles. The fraction of sp³-hybridized carbons (Fsp3) is 0.786. The van der Waals surface area contributed by atoms with Crippen LogP contribution in [0.3, 0.4) is 0 Å². The molecule has 0 radical (unpaired) electrons.